The normalized spacial score (nSPS) is 18.9. The molecule has 0 aliphatic carbocycles. The molecule has 1 N–H and O–H groups in total. The van der Waals surface area contributed by atoms with E-state index in [-0.39, 0.29) is 18.2 Å². The van der Waals surface area contributed by atoms with Gasteiger partial charge >= 0.3 is 0 Å². The van der Waals surface area contributed by atoms with E-state index in [9.17, 15) is 9.59 Å². The number of amides is 2. The molecule has 2 aliphatic heterocycles. The second-order valence-corrected chi connectivity index (χ2v) is 9.31. The molecular weight excluding hydrogens is 444 g/mol. The number of aromatic nitrogens is 1. The number of rotatable bonds is 7. The van der Waals surface area contributed by atoms with Crippen LogP contribution in [0.15, 0.2) is 48.7 Å². The fourth-order valence-electron chi connectivity index (χ4n) is 4.92. The summed E-state index contributed by atoms with van der Waals surface area (Å²) in [4.78, 5) is 29.9. The van der Waals surface area contributed by atoms with Crippen LogP contribution in [0.2, 0.25) is 0 Å². The number of ether oxygens (including phenoxy) is 2. The molecule has 1 aromatic heterocycles. The molecule has 0 bridgehead atoms. The lowest BCUT2D eigenvalue weighted by atomic mass is 10.1. The number of morpholine rings is 1. The fraction of sp³-hybridized carbons (Fsp3) is 0.407. The number of hydrogen-bond acceptors (Lipinski definition) is 5. The Morgan fingerprint density at radius 1 is 1.11 bits per heavy atom. The van der Waals surface area contributed by atoms with Crippen molar-refractivity contribution < 1.29 is 19.1 Å². The Balaban J connectivity index is 1.23. The van der Waals surface area contributed by atoms with Crippen molar-refractivity contribution in [3.05, 3.63) is 54.2 Å². The highest BCUT2D eigenvalue weighted by atomic mass is 16.5. The molecule has 184 valence electrons. The molecule has 35 heavy (non-hydrogen) atoms. The summed E-state index contributed by atoms with van der Waals surface area (Å²) < 4.78 is 13.1. The summed E-state index contributed by atoms with van der Waals surface area (Å²) in [6.07, 6.45) is 2.28. The van der Waals surface area contributed by atoms with E-state index in [0.717, 1.165) is 61.5 Å². The van der Waals surface area contributed by atoms with Crippen molar-refractivity contribution in [3.8, 4) is 5.75 Å². The van der Waals surface area contributed by atoms with Crippen LogP contribution in [0.5, 0.6) is 5.75 Å². The molecule has 1 atom stereocenters. The van der Waals surface area contributed by atoms with Crippen molar-refractivity contribution in [3.63, 3.8) is 0 Å². The van der Waals surface area contributed by atoms with Crippen molar-refractivity contribution in [2.24, 2.45) is 5.92 Å². The minimum atomic E-state index is -0.415. The Kier molecular flexibility index (Phi) is 6.74. The second kappa shape index (κ2) is 10.1. The molecule has 3 heterocycles. The lowest BCUT2D eigenvalue weighted by molar-refractivity contribution is -0.122. The molecule has 0 spiro atoms. The van der Waals surface area contributed by atoms with Gasteiger partial charge in [0.25, 0.3) is 0 Å². The summed E-state index contributed by atoms with van der Waals surface area (Å²) in [6.45, 7) is 7.78. The van der Waals surface area contributed by atoms with Crippen LogP contribution < -0.4 is 15.0 Å². The molecule has 2 amide bonds. The maximum Gasteiger partial charge on any atom is 0.229 e. The van der Waals surface area contributed by atoms with Crippen LogP contribution in [-0.2, 0) is 20.9 Å². The van der Waals surface area contributed by atoms with Gasteiger partial charge in [-0.15, -0.1) is 0 Å². The van der Waals surface area contributed by atoms with Crippen molar-refractivity contribution in [2.75, 3.05) is 56.7 Å². The highest BCUT2D eigenvalue weighted by molar-refractivity contribution is 6.04. The van der Waals surface area contributed by atoms with E-state index in [1.54, 1.807) is 12.0 Å². The van der Waals surface area contributed by atoms with Gasteiger partial charge in [0.1, 0.15) is 5.75 Å². The van der Waals surface area contributed by atoms with E-state index in [1.807, 2.05) is 43.3 Å². The quantitative estimate of drug-likeness (QED) is 0.567. The first-order valence-corrected chi connectivity index (χ1v) is 12.2. The Morgan fingerprint density at radius 3 is 2.74 bits per heavy atom. The predicted molar refractivity (Wildman–Crippen MR) is 136 cm³/mol. The number of nitrogens with one attached hydrogen (secondary N) is 1. The topological polar surface area (TPSA) is 76.0 Å². The van der Waals surface area contributed by atoms with Gasteiger partial charge < -0.3 is 24.3 Å². The molecule has 2 aliphatic rings. The number of benzene rings is 2. The predicted octanol–water partition coefficient (Wildman–Crippen LogP) is 3.28. The third-order valence-corrected chi connectivity index (χ3v) is 6.92. The van der Waals surface area contributed by atoms with Crippen LogP contribution in [0, 0.1) is 12.8 Å². The van der Waals surface area contributed by atoms with Gasteiger partial charge in [0, 0.05) is 61.9 Å². The van der Waals surface area contributed by atoms with Gasteiger partial charge in [-0.2, -0.15) is 0 Å². The first-order valence-electron chi connectivity index (χ1n) is 12.2. The summed E-state index contributed by atoms with van der Waals surface area (Å²) in [5.74, 6) is 0.00976. The van der Waals surface area contributed by atoms with Crippen LogP contribution in [0.1, 0.15) is 12.0 Å². The molecule has 0 saturated carbocycles. The standard InChI is InChI=1S/C27H32N4O4/c1-19-3-6-25(34-2)24(15-19)31-18-21(17-26(31)32)27(33)28-22-4-5-23-20(16-22)7-8-30(23)10-9-29-11-13-35-14-12-29/h3-8,15-16,21H,9-14,17-18H2,1-2H3,(H,28,33)/t21-/m1/s1. The number of nitrogens with zero attached hydrogens (tertiary/aromatic N) is 3. The average Bonchev–Trinajstić information content (AvgIpc) is 3.46. The summed E-state index contributed by atoms with van der Waals surface area (Å²) in [6, 6.07) is 13.8. The van der Waals surface area contributed by atoms with Crippen molar-refractivity contribution >= 4 is 34.1 Å². The van der Waals surface area contributed by atoms with Gasteiger partial charge in [-0.25, -0.2) is 0 Å². The van der Waals surface area contributed by atoms with E-state index in [0.29, 0.717) is 18.0 Å². The van der Waals surface area contributed by atoms with E-state index >= 15 is 0 Å². The number of hydrogen-bond donors (Lipinski definition) is 1. The van der Waals surface area contributed by atoms with E-state index in [4.69, 9.17) is 9.47 Å². The number of carbonyl (C=O) groups is 2. The molecule has 0 unspecified atom stereocenters. The zero-order valence-corrected chi connectivity index (χ0v) is 20.3. The molecule has 3 aromatic rings. The molecule has 0 radical (unpaired) electrons. The van der Waals surface area contributed by atoms with Crippen LogP contribution in [0.3, 0.4) is 0 Å². The van der Waals surface area contributed by atoms with Gasteiger partial charge in [-0.3, -0.25) is 14.5 Å². The highest BCUT2D eigenvalue weighted by Gasteiger charge is 2.36. The minimum Gasteiger partial charge on any atom is -0.495 e. The van der Waals surface area contributed by atoms with Crippen LogP contribution in [-0.4, -0.2) is 67.8 Å². The smallest absolute Gasteiger partial charge is 0.229 e. The van der Waals surface area contributed by atoms with Crippen LogP contribution >= 0.6 is 0 Å². The molecule has 5 rings (SSSR count). The third kappa shape index (κ3) is 5.04. The van der Waals surface area contributed by atoms with Gasteiger partial charge in [-0.1, -0.05) is 6.07 Å². The number of methoxy groups -OCH3 is 1. The van der Waals surface area contributed by atoms with E-state index < -0.39 is 5.92 Å². The van der Waals surface area contributed by atoms with E-state index in [1.165, 1.54) is 0 Å². The minimum absolute atomic E-state index is 0.0677. The number of aryl methyl sites for hydroxylation is 1. The van der Waals surface area contributed by atoms with Crippen molar-refractivity contribution in [2.45, 2.75) is 19.9 Å². The summed E-state index contributed by atoms with van der Waals surface area (Å²) >= 11 is 0. The van der Waals surface area contributed by atoms with E-state index in [2.05, 4.69) is 27.0 Å². The summed E-state index contributed by atoms with van der Waals surface area (Å²) in [7, 11) is 1.59. The number of anilines is 2. The van der Waals surface area contributed by atoms with Crippen molar-refractivity contribution in [1.82, 2.24) is 9.47 Å². The zero-order chi connectivity index (χ0) is 24.4. The number of fused-ring (bicyclic) bond motifs is 1. The van der Waals surface area contributed by atoms with Gasteiger partial charge in [0.2, 0.25) is 11.8 Å². The first kappa shape index (κ1) is 23.4. The maximum absolute atomic E-state index is 13.0. The average molecular weight is 477 g/mol. The van der Waals surface area contributed by atoms with Gasteiger partial charge in [0.15, 0.2) is 0 Å². The van der Waals surface area contributed by atoms with Crippen LogP contribution in [0.4, 0.5) is 11.4 Å². The third-order valence-electron chi connectivity index (χ3n) is 6.92. The Bertz CT molecular complexity index is 1230. The summed E-state index contributed by atoms with van der Waals surface area (Å²) in [5, 5.41) is 4.10. The Labute approximate surface area is 205 Å². The second-order valence-electron chi connectivity index (χ2n) is 9.31. The fourth-order valence-corrected chi connectivity index (χ4v) is 4.92. The molecule has 2 fully saturated rings. The van der Waals surface area contributed by atoms with Gasteiger partial charge in [-0.05, 0) is 48.9 Å². The number of carbonyl (C=O) groups excluding carboxylic acids is 2. The zero-order valence-electron chi connectivity index (χ0n) is 20.3. The summed E-state index contributed by atoms with van der Waals surface area (Å²) in [5.41, 5.74) is 3.64. The Morgan fingerprint density at radius 2 is 1.94 bits per heavy atom. The lowest BCUT2D eigenvalue weighted by Gasteiger charge is -2.26. The SMILES string of the molecule is COc1ccc(C)cc1N1C[C@H](C(=O)Nc2ccc3c(ccn3CCN3CCOCC3)c2)CC1=O. The molecule has 8 heteroatoms. The molecule has 2 saturated heterocycles. The Hall–Kier alpha value is -3.36. The highest BCUT2D eigenvalue weighted by Crippen LogP contribution is 2.34. The molecule has 2 aromatic carbocycles. The lowest BCUT2D eigenvalue weighted by Crippen LogP contribution is -2.38. The monoisotopic (exact) mass is 476 g/mol. The van der Waals surface area contributed by atoms with Gasteiger partial charge in [0.05, 0.1) is 31.9 Å². The van der Waals surface area contributed by atoms with Crippen molar-refractivity contribution in [1.29, 1.82) is 0 Å². The first-order chi connectivity index (χ1) is 17.0. The maximum atomic E-state index is 13.0. The molecular formula is C27H32N4O4. The molecule has 8 nitrogen and oxygen atoms in total. The largest absolute Gasteiger partial charge is 0.495 e. The van der Waals surface area contributed by atoms with Crippen LogP contribution in [0.25, 0.3) is 10.9 Å².